The van der Waals surface area contributed by atoms with Gasteiger partial charge in [-0.15, -0.1) is 0 Å². The van der Waals surface area contributed by atoms with Gasteiger partial charge in [0.2, 0.25) is 5.91 Å². The predicted molar refractivity (Wildman–Crippen MR) is 63.5 cm³/mol. The first-order valence-corrected chi connectivity index (χ1v) is 5.30. The predicted octanol–water partition coefficient (Wildman–Crippen LogP) is 0.251. The maximum Gasteiger partial charge on any atom is 0.330 e. The summed E-state index contributed by atoms with van der Waals surface area (Å²) >= 11 is 0. The summed E-state index contributed by atoms with van der Waals surface area (Å²) < 4.78 is 9.64. The number of rotatable bonds is 5. The summed E-state index contributed by atoms with van der Waals surface area (Å²) in [6.45, 7) is 1.27. The number of furan rings is 1. The molecule has 2 N–H and O–H groups in total. The van der Waals surface area contributed by atoms with Gasteiger partial charge in [-0.25, -0.2) is 4.79 Å². The number of aliphatic hydroxyl groups is 1. The zero-order chi connectivity index (χ0) is 13.5. The molecule has 0 aliphatic carbocycles. The number of carbonyl (C=O) groups excluding carboxylic acids is 2. The summed E-state index contributed by atoms with van der Waals surface area (Å²) in [6, 6.07) is 2.41. The Morgan fingerprint density at radius 3 is 2.78 bits per heavy atom. The zero-order valence-corrected chi connectivity index (χ0v) is 10.2. The van der Waals surface area contributed by atoms with E-state index in [4.69, 9.17) is 9.52 Å². The van der Waals surface area contributed by atoms with Crippen LogP contribution in [0.15, 0.2) is 22.6 Å². The van der Waals surface area contributed by atoms with Gasteiger partial charge in [-0.2, -0.15) is 0 Å². The van der Waals surface area contributed by atoms with Crippen LogP contribution in [0.25, 0.3) is 6.08 Å². The molecule has 1 aromatic rings. The van der Waals surface area contributed by atoms with Crippen molar-refractivity contribution in [2.24, 2.45) is 0 Å². The van der Waals surface area contributed by atoms with E-state index < -0.39 is 24.5 Å². The number of nitrogens with one attached hydrogen (secondary N) is 1. The van der Waals surface area contributed by atoms with Gasteiger partial charge in [0.1, 0.15) is 11.5 Å². The molecule has 0 aliphatic heterocycles. The summed E-state index contributed by atoms with van der Waals surface area (Å²) in [5.74, 6) is 0.0423. The highest BCUT2D eigenvalue weighted by molar-refractivity contribution is 5.94. The monoisotopic (exact) mass is 253 g/mol. The third-order valence-corrected chi connectivity index (χ3v) is 2.14. The minimum Gasteiger partial charge on any atom is -0.467 e. The van der Waals surface area contributed by atoms with E-state index in [-0.39, 0.29) is 0 Å². The van der Waals surface area contributed by atoms with Gasteiger partial charge in [0, 0.05) is 6.08 Å². The quantitative estimate of drug-likeness (QED) is 0.580. The van der Waals surface area contributed by atoms with Crippen molar-refractivity contribution in [1.29, 1.82) is 0 Å². The number of hydrogen-bond acceptors (Lipinski definition) is 5. The van der Waals surface area contributed by atoms with Gasteiger partial charge in [-0.1, -0.05) is 0 Å². The maximum atomic E-state index is 11.5. The summed E-state index contributed by atoms with van der Waals surface area (Å²) in [4.78, 5) is 22.6. The largest absolute Gasteiger partial charge is 0.467 e. The fraction of sp³-hybridized carbons (Fsp3) is 0.333. The number of hydrogen-bond donors (Lipinski definition) is 2. The second-order valence-electron chi connectivity index (χ2n) is 3.55. The van der Waals surface area contributed by atoms with Gasteiger partial charge < -0.3 is 19.6 Å². The molecule has 0 unspecified atom stereocenters. The number of methoxy groups -OCH3 is 1. The van der Waals surface area contributed by atoms with Crippen LogP contribution in [0, 0.1) is 6.92 Å². The molecule has 0 aromatic carbocycles. The Bertz CT molecular complexity index is 449. The number of carbonyl (C=O) groups is 2. The Balaban J connectivity index is 2.55. The fourth-order valence-corrected chi connectivity index (χ4v) is 1.24. The van der Waals surface area contributed by atoms with Crippen LogP contribution in [0.4, 0.5) is 0 Å². The van der Waals surface area contributed by atoms with Crippen LogP contribution in [0.2, 0.25) is 0 Å². The maximum absolute atomic E-state index is 11.5. The Hall–Kier alpha value is -2.08. The Labute approximate surface area is 104 Å². The molecule has 0 spiro atoms. The fourth-order valence-electron chi connectivity index (χ4n) is 1.24. The highest BCUT2D eigenvalue weighted by atomic mass is 16.5. The standard InChI is InChI=1S/C12H15NO5/c1-8-3-4-9(18-8)5-6-11(15)13-10(7-14)12(16)17-2/h3-6,10,14H,7H2,1-2H3,(H,13,15)/b6-5+/t10-/m0/s1. The van der Waals surface area contributed by atoms with E-state index in [2.05, 4.69) is 10.1 Å². The van der Waals surface area contributed by atoms with Crippen LogP contribution in [0.3, 0.4) is 0 Å². The summed E-state index contributed by atoms with van der Waals surface area (Å²) in [5.41, 5.74) is 0. The molecule has 1 atom stereocenters. The number of esters is 1. The molecular weight excluding hydrogens is 238 g/mol. The third kappa shape index (κ3) is 4.06. The van der Waals surface area contributed by atoms with E-state index in [9.17, 15) is 9.59 Å². The SMILES string of the molecule is COC(=O)[C@H](CO)NC(=O)/C=C/c1ccc(C)o1. The van der Waals surface area contributed by atoms with Gasteiger partial charge in [0.15, 0.2) is 6.04 Å². The van der Waals surface area contributed by atoms with Crippen LogP contribution in [-0.4, -0.2) is 36.7 Å². The van der Waals surface area contributed by atoms with Gasteiger partial charge in [0.25, 0.3) is 0 Å². The van der Waals surface area contributed by atoms with Crippen molar-refractivity contribution in [1.82, 2.24) is 5.32 Å². The van der Waals surface area contributed by atoms with Crippen molar-refractivity contribution in [3.63, 3.8) is 0 Å². The van der Waals surface area contributed by atoms with Crippen molar-refractivity contribution in [2.75, 3.05) is 13.7 Å². The average molecular weight is 253 g/mol. The third-order valence-electron chi connectivity index (χ3n) is 2.14. The molecular formula is C12H15NO5. The van der Waals surface area contributed by atoms with E-state index in [1.165, 1.54) is 19.3 Å². The second kappa shape index (κ2) is 6.61. The second-order valence-corrected chi connectivity index (χ2v) is 3.55. The summed E-state index contributed by atoms with van der Waals surface area (Å²) in [6.07, 6.45) is 2.68. The minimum atomic E-state index is -1.06. The van der Waals surface area contributed by atoms with Crippen LogP contribution >= 0.6 is 0 Å². The Morgan fingerprint density at radius 1 is 1.56 bits per heavy atom. The van der Waals surface area contributed by atoms with Crippen molar-refractivity contribution in [3.8, 4) is 0 Å². The van der Waals surface area contributed by atoms with Crippen molar-refractivity contribution < 1.29 is 23.8 Å². The molecule has 0 saturated heterocycles. The van der Waals surface area contributed by atoms with Gasteiger partial charge in [-0.05, 0) is 25.1 Å². The Kier molecular flexibility index (Phi) is 5.13. The summed E-state index contributed by atoms with van der Waals surface area (Å²) in [5, 5.41) is 11.2. The molecule has 1 amide bonds. The van der Waals surface area contributed by atoms with E-state index in [0.29, 0.717) is 5.76 Å². The van der Waals surface area contributed by atoms with E-state index in [0.717, 1.165) is 5.76 Å². The lowest BCUT2D eigenvalue weighted by Crippen LogP contribution is -2.43. The first-order valence-electron chi connectivity index (χ1n) is 5.30. The number of aryl methyl sites for hydroxylation is 1. The molecule has 98 valence electrons. The molecule has 0 radical (unpaired) electrons. The lowest BCUT2D eigenvalue weighted by molar-refractivity contribution is -0.145. The summed E-state index contributed by atoms with van der Waals surface area (Å²) in [7, 11) is 1.18. The lowest BCUT2D eigenvalue weighted by atomic mass is 10.3. The van der Waals surface area contributed by atoms with E-state index >= 15 is 0 Å². The Morgan fingerprint density at radius 2 is 2.28 bits per heavy atom. The molecule has 1 aromatic heterocycles. The molecule has 6 heteroatoms. The minimum absolute atomic E-state index is 0.520. The molecule has 18 heavy (non-hydrogen) atoms. The van der Waals surface area contributed by atoms with Gasteiger partial charge in [-0.3, -0.25) is 4.79 Å². The van der Waals surface area contributed by atoms with Gasteiger partial charge in [0.05, 0.1) is 13.7 Å². The lowest BCUT2D eigenvalue weighted by Gasteiger charge is -2.11. The number of aliphatic hydroxyl groups excluding tert-OH is 1. The highest BCUT2D eigenvalue weighted by Crippen LogP contribution is 2.07. The van der Waals surface area contributed by atoms with Crippen LogP contribution in [0.5, 0.6) is 0 Å². The number of amides is 1. The van der Waals surface area contributed by atoms with Crippen molar-refractivity contribution >= 4 is 18.0 Å². The average Bonchev–Trinajstić information content (AvgIpc) is 2.78. The smallest absolute Gasteiger partial charge is 0.330 e. The first kappa shape index (κ1) is 14.0. The number of ether oxygens (including phenoxy) is 1. The van der Waals surface area contributed by atoms with E-state index in [1.54, 1.807) is 19.1 Å². The molecule has 0 fully saturated rings. The molecule has 1 heterocycles. The zero-order valence-electron chi connectivity index (χ0n) is 10.2. The van der Waals surface area contributed by atoms with Crippen LogP contribution in [-0.2, 0) is 14.3 Å². The van der Waals surface area contributed by atoms with Crippen LogP contribution in [0.1, 0.15) is 11.5 Å². The highest BCUT2D eigenvalue weighted by Gasteiger charge is 2.19. The van der Waals surface area contributed by atoms with E-state index in [1.807, 2.05) is 0 Å². The van der Waals surface area contributed by atoms with Crippen molar-refractivity contribution in [3.05, 3.63) is 29.7 Å². The normalized spacial score (nSPS) is 12.4. The van der Waals surface area contributed by atoms with Crippen LogP contribution < -0.4 is 5.32 Å². The molecule has 0 bridgehead atoms. The van der Waals surface area contributed by atoms with Gasteiger partial charge >= 0.3 is 5.97 Å². The first-order chi connectivity index (χ1) is 8.56. The topological polar surface area (TPSA) is 88.8 Å². The molecule has 0 aliphatic rings. The van der Waals surface area contributed by atoms with Crippen molar-refractivity contribution in [2.45, 2.75) is 13.0 Å². The molecule has 6 nitrogen and oxygen atoms in total. The molecule has 1 rings (SSSR count). The molecule has 0 saturated carbocycles.